The molecule has 0 aromatic carbocycles. The third kappa shape index (κ3) is 5.44. The van der Waals surface area contributed by atoms with Crippen LogP contribution in [0.1, 0.15) is 60.3 Å². The van der Waals surface area contributed by atoms with Crippen molar-refractivity contribution in [3.05, 3.63) is 18.3 Å². The number of aromatic nitrogens is 1. The topological polar surface area (TPSA) is 49.9 Å². The number of piperazine rings is 1. The Morgan fingerprint density at radius 2 is 1.74 bits per heavy atom. The van der Waals surface area contributed by atoms with Gasteiger partial charge in [0.05, 0.1) is 11.2 Å². The van der Waals surface area contributed by atoms with E-state index in [0.717, 1.165) is 17.2 Å². The predicted molar refractivity (Wildman–Crippen MR) is 128 cm³/mol. The lowest BCUT2D eigenvalue weighted by Gasteiger charge is -2.38. The van der Waals surface area contributed by atoms with Gasteiger partial charge in [0.1, 0.15) is 5.82 Å². The lowest BCUT2D eigenvalue weighted by Crippen LogP contribution is -2.48. The van der Waals surface area contributed by atoms with Gasteiger partial charge in [0, 0.05) is 45.0 Å². The van der Waals surface area contributed by atoms with Crippen LogP contribution >= 0.6 is 0 Å². The Morgan fingerprint density at radius 3 is 2.42 bits per heavy atom. The molecule has 7 heteroatoms. The minimum atomic E-state index is -0.338. The average molecular weight is 428 g/mol. The van der Waals surface area contributed by atoms with Crippen LogP contribution in [-0.2, 0) is 9.31 Å². The van der Waals surface area contributed by atoms with Crippen molar-refractivity contribution in [1.29, 1.82) is 0 Å². The highest BCUT2D eigenvalue weighted by molar-refractivity contribution is 6.62. The van der Waals surface area contributed by atoms with Gasteiger partial charge in [-0.3, -0.25) is 0 Å². The first-order valence-electron chi connectivity index (χ1n) is 12.3. The smallest absolute Gasteiger partial charge is 0.399 e. The van der Waals surface area contributed by atoms with Gasteiger partial charge in [-0.15, -0.1) is 0 Å². The zero-order valence-electron chi connectivity index (χ0n) is 20.2. The molecule has 1 aliphatic carbocycles. The van der Waals surface area contributed by atoms with Crippen molar-refractivity contribution in [2.24, 2.45) is 5.92 Å². The maximum Gasteiger partial charge on any atom is 0.495 e. The van der Waals surface area contributed by atoms with Gasteiger partial charge in [-0.2, -0.15) is 0 Å². The van der Waals surface area contributed by atoms with E-state index >= 15 is 0 Å². The van der Waals surface area contributed by atoms with Crippen LogP contribution < -0.4 is 10.8 Å². The second-order valence-corrected chi connectivity index (χ2v) is 10.7. The van der Waals surface area contributed by atoms with E-state index in [4.69, 9.17) is 9.31 Å². The molecule has 2 saturated heterocycles. The average Bonchev–Trinajstić information content (AvgIpc) is 2.96. The van der Waals surface area contributed by atoms with Gasteiger partial charge in [0.2, 0.25) is 0 Å². The third-order valence-electron chi connectivity index (χ3n) is 7.87. The molecule has 0 amide bonds. The monoisotopic (exact) mass is 428 g/mol. The molecular formula is C24H41BN4O2. The minimum Gasteiger partial charge on any atom is -0.399 e. The van der Waals surface area contributed by atoms with Crippen LogP contribution in [0.15, 0.2) is 18.3 Å². The van der Waals surface area contributed by atoms with Gasteiger partial charge in [-0.25, -0.2) is 4.98 Å². The van der Waals surface area contributed by atoms with Gasteiger partial charge in [-0.1, -0.05) is 13.3 Å². The second-order valence-electron chi connectivity index (χ2n) is 10.7. The molecule has 3 fully saturated rings. The van der Waals surface area contributed by atoms with Gasteiger partial charge in [0.15, 0.2) is 0 Å². The molecule has 6 nitrogen and oxygen atoms in total. The number of pyridine rings is 1. The van der Waals surface area contributed by atoms with Crippen LogP contribution in [0.4, 0.5) is 5.82 Å². The number of nitrogens with one attached hydrogen (secondary N) is 1. The number of anilines is 1. The standard InChI is InChI=1S/C24H41BN4O2/c1-6-28-12-14-29(15-13-28)18-19-8-7-9-21(16-19)27-22-17-20(10-11-26-22)25-30-23(2,3)24(4,5)31-25/h10-11,17,19,21H,6-9,12-16,18H2,1-5H3,(H,26,27). The quantitative estimate of drug-likeness (QED) is 0.704. The van der Waals surface area contributed by atoms with E-state index in [1.54, 1.807) is 0 Å². The molecule has 1 aromatic rings. The van der Waals surface area contributed by atoms with Gasteiger partial charge < -0.3 is 24.4 Å². The molecule has 3 heterocycles. The van der Waals surface area contributed by atoms with Crippen molar-refractivity contribution in [3.8, 4) is 0 Å². The lowest BCUT2D eigenvalue weighted by molar-refractivity contribution is 0.00578. The molecule has 0 bridgehead atoms. The highest BCUT2D eigenvalue weighted by atomic mass is 16.7. The fourth-order valence-electron chi connectivity index (χ4n) is 5.10. The molecule has 2 aliphatic heterocycles. The maximum absolute atomic E-state index is 6.23. The molecule has 2 unspecified atom stereocenters. The molecule has 0 radical (unpaired) electrons. The van der Waals surface area contributed by atoms with E-state index < -0.39 is 0 Å². The zero-order valence-corrected chi connectivity index (χ0v) is 20.2. The first-order chi connectivity index (χ1) is 14.8. The molecule has 1 N–H and O–H groups in total. The molecule has 4 rings (SSSR count). The van der Waals surface area contributed by atoms with E-state index in [1.165, 1.54) is 65.0 Å². The zero-order chi connectivity index (χ0) is 22.1. The first kappa shape index (κ1) is 23.0. The predicted octanol–water partition coefficient (Wildman–Crippen LogP) is 2.99. The molecular weight excluding hydrogens is 387 g/mol. The fraction of sp³-hybridized carbons (Fsp3) is 0.792. The van der Waals surface area contributed by atoms with E-state index in [0.29, 0.717) is 6.04 Å². The Hall–Kier alpha value is -1.15. The van der Waals surface area contributed by atoms with Gasteiger partial charge >= 0.3 is 7.12 Å². The number of hydrogen-bond donors (Lipinski definition) is 1. The van der Waals surface area contributed by atoms with E-state index in [1.807, 2.05) is 12.3 Å². The Bertz CT molecular complexity index is 720. The first-order valence-corrected chi connectivity index (χ1v) is 12.3. The summed E-state index contributed by atoms with van der Waals surface area (Å²) < 4.78 is 12.5. The van der Waals surface area contributed by atoms with Crippen LogP contribution in [-0.4, -0.2) is 78.4 Å². The Balaban J connectivity index is 1.32. The van der Waals surface area contributed by atoms with E-state index in [2.05, 4.69) is 60.8 Å². The van der Waals surface area contributed by atoms with Gasteiger partial charge in [-0.05, 0) is 77.0 Å². The minimum absolute atomic E-state index is 0.326. The Kier molecular flexibility index (Phi) is 6.97. The number of likely N-dealkylation sites (N-methyl/N-ethyl adjacent to an activating group) is 1. The molecule has 1 saturated carbocycles. The molecule has 2 atom stereocenters. The summed E-state index contributed by atoms with van der Waals surface area (Å²) in [5.41, 5.74) is 0.388. The van der Waals surface area contributed by atoms with Crippen LogP contribution in [0.2, 0.25) is 0 Å². The SMILES string of the molecule is CCN1CCN(CC2CCCC(Nc3cc(B4OC(C)(C)C(C)(C)O4)ccn3)C2)CC1. The summed E-state index contributed by atoms with van der Waals surface area (Å²) in [4.78, 5) is 9.83. The van der Waals surface area contributed by atoms with E-state index in [-0.39, 0.29) is 18.3 Å². The number of nitrogens with zero attached hydrogens (tertiary/aromatic N) is 3. The van der Waals surface area contributed by atoms with Crippen molar-refractivity contribution >= 4 is 18.4 Å². The lowest BCUT2D eigenvalue weighted by atomic mass is 9.79. The molecule has 3 aliphatic rings. The van der Waals surface area contributed by atoms with Crippen molar-refractivity contribution in [2.45, 2.75) is 77.5 Å². The normalized spacial score (nSPS) is 29.3. The Morgan fingerprint density at radius 1 is 1.06 bits per heavy atom. The molecule has 1 aromatic heterocycles. The van der Waals surface area contributed by atoms with E-state index in [9.17, 15) is 0 Å². The highest BCUT2D eigenvalue weighted by Gasteiger charge is 2.51. The third-order valence-corrected chi connectivity index (χ3v) is 7.87. The summed E-state index contributed by atoms with van der Waals surface area (Å²) >= 11 is 0. The summed E-state index contributed by atoms with van der Waals surface area (Å²) in [6.07, 6.45) is 6.98. The summed E-state index contributed by atoms with van der Waals surface area (Å²) in [5.74, 6) is 1.72. The van der Waals surface area contributed by atoms with Crippen molar-refractivity contribution in [2.75, 3.05) is 44.6 Å². The largest absolute Gasteiger partial charge is 0.495 e. The molecule has 0 spiro atoms. The van der Waals surface area contributed by atoms with Crippen LogP contribution in [0, 0.1) is 5.92 Å². The van der Waals surface area contributed by atoms with Crippen molar-refractivity contribution in [1.82, 2.24) is 14.8 Å². The summed E-state index contributed by atoms with van der Waals surface area (Å²) in [5, 5.41) is 3.72. The van der Waals surface area contributed by atoms with Crippen molar-refractivity contribution in [3.63, 3.8) is 0 Å². The van der Waals surface area contributed by atoms with Crippen LogP contribution in [0.3, 0.4) is 0 Å². The van der Waals surface area contributed by atoms with Crippen molar-refractivity contribution < 1.29 is 9.31 Å². The maximum atomic E-state index is 6.23. The second kappa shape index (κ2) is 9.38. The summed E-state index contributed by atoms with van der Waals surface area (Å²) in [6, 6.07) is 4.61. The molecule has 172 valence electrons. The number of hydrogen-bond acceptors (Lipinski definition) is 6. The highest BCUT2D eigenvalue weighted by Crippen LogP contribution is 2.36. The fourth-order valence-corrected chi connectivity index (χ4v) is 5.10. The van der Waals surface area contributed by atoms with Crippen LogP contribution in [0.5, 0.6) is 0 Å². The summed E-state index contributed by atoms with van der Waals surface area (Å²) in [6.45, 7) is 18.0. The number of rotatable bonds is 6. The molecule has 31 heavy (non-hydrogen) atoms. The Labute approximate surface area is 189 Å². The summed E-state index contributed by atoms with van der Waals surface area (Å²) in [7, 11) is -0.338. The van der Waals surface area contributed by atoms with Gasteiger partial charge in [0.25, 0.3) is 0 Å². The van der Waals surface area contributed by atoms with Crippen LogP contribution in [0.25, 0.3) is 0 Å².